The molecule has 1 saturated heterocycles. The Labute approximate surface area is 142 Å². The maximum atomic E-state index is 13.1. The van der Waals surface area contributed by atoms with E-state index in [1.54, 1.807) is 0 Å². The largest absolute Gasteiger partial charge is 0.460 e. The van der Waals surface area contributed by atoms with Crippen molar-refractivity contribution in [3.63, 3.8) is 0 Å². The van der Waals surface area contributed by atoms with Crippen molar-refractivity contribution >= 4 is 11.9 Å². The Morgan fingerprint density at radius 1 is 1.33 bits per heavy atom. The predicted molar refractivity (Wildman–Crippen MR) is 87.9 cm³/mol. The van der Waals surface area contributed by atoms with Crippen LogP contribution in [0.3, 0.4) is 0 Å². The number of carbonyl (C=O) groups excluding carboxylic acids is 2. The fraction of sp³-hybridized carbons (Fsp3) is 0.600. The molecular formula is C20H24O4. The lowest BCUT2D eigenvalue weighted by Gasteiger charge is -2.46. The molecule has 1 spiro atoms. The Hall–Kier alpha value is -1.84. The smallest absolute Gasteiger partial charge is 0.317 e. The standard InChI is InChI=1S/C20H24O4/c1-14-10-16-8-5-9-19(12-17(21)24-20(16,19)11-14)18(22)23-13-15-6-3-2-4-7-15/h2-4,6-7,14,16H,5,8-13H2,1H3/t14?,16?,19?,20-/m0/s1. The van der Waals surface area contributed by atoms with Crippen LogP contribution in [0.25, 0.3) is 0 Å². The molecule has 2 aliphatic carbocycles. The van der Waals surface area contributed by atoms with E-state index in [9.17, 15) is 9.59 Å². The molecule has 2 saturated carbocycles. The number of esters is 2. The van der Waals surface area contributed by atoms with Crippen molar-refractivity contribution in [3.05, 3.63) is 35.9 Å². The number of ether oxygens (including phenoxy) is 2. The van der Waals surface area contributed by atoms with E-state index in [-0.39, 0.29) is 25.0 Å². The number of hydrogen-bond acceptors (Lipinski definition) is 4. The summed E-state index contributed by atoms with van der Waals surface area (Å²) < 4.78 is 11.6. The van der Waals surface area contributed by atoms with Gasteiger partial charge in [0.2, 0.25) is 0 Å². The highest BCUT2D eigenvalue weighted by molar-refractivity contribution is 5.89. The molecule has 0 aromatic heterocycles. The average molecular weight is 328 g/mol. The molecule has 4 heteroatoms. The van der Waals surface area contributed by atoms with Crippen molar-refractivity contribution in [2.24, 2.45) is 17.3 Å². The lowest BCUT2D eigenvalue weighted by Crippen LogP contribution is -2.55. The van der Waals surface area contributed by atoms with E-state index in [1.807, 2.05) is 30.3 Å². The quantitative estimate of drug-likeness (QED) is 0.795. The molecule has 3 unspecified atom stereocenters. The van der Waals surface area contributed by atoms with Gasteiger partial charge in [0.05, 0.1) is 6.42 Å². The van der Waals surface area contributed by atoms with Gasteiger partial charge in [0.1, 0.15) is 17.6 Å². The first kappa shape index (κ1) is 15.7. The van der Waals surface area contributed by atoms with Crippen molar-refractivity contribution < 1.29 is 19.1 Å². The van der Waals surface area contributed by atoms with Crippen molar-refractivity contribution in [1.29, 1.82) is 0 Å². The monoisotopic (exact) mass is 328 g/mol. The zero-order valence-corrected chi connectivity index (χ0v) is 14.1. The highest BCUT2D eigenvalue weighted by Gasteiger charge is 2.71. The van der Waals surface area contributed by atoms with E-state index in [2.05, 4.69) is 6.92 Å². The van der Waals surface area contributed by atoms with Gasteiger partial charge in [-0.3, -0.25) is 9.59 Å². The van der Waals surface area contributed by atoms with Gasteiger partial charge in [-0.15, -0.1) is 0 Å². The van der Waals surface area contributed by atoms with Crippen LogP contribution >= 0.6 is 0 Å². The number of rotatable bonds is 3. The van der Waals surface area contributed by atoms with Crippen LogP contribution in [-0.2, 0) is 25.7 Å². The summed E-state index contributed by atoms with van der Waals surface area (Å²) in [6.07, 6.45) is 4.74. The van der Waals surface area contributed by atoms with E-state index in [1.165, 1.54) is 0 Å². The fourth-order valence-corrected chi connectivity index (χ4v) is 5.40. The summed E-state index contributed by atoms with van der Waals surface area (Å²) >= 11 is 0. The van der Waals surface area contributed by atoms with Crippen molar-refractivity contribution in [3.8, 4) is 0 Å². The van der Waals surface area contributed by atoms with Gasteiger partial charge >= 0.3 is 11.9 Å². The van der Waals surface area contributed by atoms with Crippen LogP contribution in [-0.4, -0.2) is 17.5 Å². The van der Waals surface area contributed by atoms with Gasteiger partial charge in [-0.2, -0.15) is 0 Å². The molecule has 0 N–H and O–H groups in total. The minimum absolute atomic E-state index is 0.184. The number of carbonyl (C=O) groups is 2. The van der Waals surface area contributed by atoms with Crippen LogP contribution < -0.4 is 0 Å². The Morgan fingerprint density at radius 2 is 2.12 bits per heavy atom. The van der Waals surface area contributed by atoms with Crippen molar-refractivity contribution in [1.82, 2.24) is 0 Å². The first-order valence-electron chi connectivity index (χ1n) is 8.99. The molecule has 1 aromatic rings. The van der Waals surface area contributed by atoms with Crippen LogP contribution in [0.1, 0.15) is 51.0 Å². The van der Waals surface area contributed by atoms with Gasteiger partial charge < -0.3 is 9.47 Å². The molecule has 3 fully saturated rings. The molecule has 4 atom stereocenters. The molecule has 4 rings (SSSR count). The average Bonchev–Trinajstić information content (AvgIpc) is 3.05. The van der Waals surface area contributed by atoms with Gasteiger partial charge in [0.25, 0.3) is 0 Å². The molecule has 1 aliphatic heterocycles. The molecule has 0 amide bonds. The van der Waals surface area contributed by atoms with Crippen molar-refractivity contribution in [2.45, 2.75) is 57.7 Å². The molecule has 0 bridgehead atoms. The third-order valence-electron chi connectivity index (χ3n) is 6.31. The Morgan fingerprint density at radius 3 is 2.92 bits per heavy atom. The Kier molecular flexibility index (Phi) is 3.66. The number of benzene rings is 1. The Bertz CT molecular complexity index is 655. The fourth-order valence-electron chi connectivity index (χ4n) is 5.40. The zero-order chi connectivity index (χ0) is 16.8. The Balaban J connectivity index is 1.61. The second-order valence-corrected chi connectivity index (χ2v) is 7.82. The van der Waals surface area contributed by atoms with Crippen LogP contribution in [0.15, 0.2) is 30.3 Å². The zero-order valence-electron chi connectivity index (χ0n) is 14.1. The van der Waals surface area contributed by atoms with Crippen LogP contribution in [0.5, 0.6) is 0 Å². The minimum atomic E-state index is -0.771. The summed E-state index contributed by atoms with van der Waals surface area (Å²) in [5.74, 6) is 0.320. The van der Waals surface area contributed by atoms with Gasteiger partial charge in [-0.1, -0.05) is 43.7 Å². The second-order valence-electron chi connectivity index (χ2n) is 7.82. The first-order chi connectivity index (χ1) is 11.6. The highest BCUT2D eigenvalue weighted by atomic mass is 16.6. The van der Waals surface area contributed by atoms with E-state index in [0.29, 0.717) is 18.3 Å². The summed E-state index contributed by atoms with van der Waals surface area (Å²) in [5.41, 5.74) is -0.420. The summed E-state index contributed by atoms with van der Waals surface area (Å²) in [5, 5.41) is 0. The third kappa shape index (κ3) is 2.19. The lowest BCUT2D eigenvalue weighted by atomic mass is 9.59. The van der Waals surface area contributed by atoms with Gasteiger partial charge in [0.15, 0.2) is 0 Å². The van der Waals surface area contributed by atoms with E-state index < -0.39 is 11.0 Å². The van der Waals surface area contributed by atoms with Gasteiger partial charge in [-0.05, 0) is 37.2 Å². The van der Waals surface area contributed by atoms with Gasteiger partial charge in [0, 0.05) is 5.92 Å². The normalized spacial score (nSPS) is 37.5. The molecule has 3 aliphatic rings. The van der Waals surface area contributed by atoms with Crippen LogP contribution in [0.4, 0.5) is 0 Å². The second kappa shape index (κ2) is 5.61. The molecule has 24 heavy (non-hydrogen) atoms. The van der Waals surface area contributed by atoms with E-state index in [4.69, 9.17) is 9.47 Å². The van der Waals surface area contributed by atoms with E-state index >= 15 is 0 Å². The lowest BCUT2D eigenvalue weighted by molar-refractivity contribution is -0.183. The number of hydrogen-bond donors (Lipinski definition) is 0. The SMILES string of the molecule is CC1CC2CCCC3(C(=O)OCc4ccccc4)CC(=O)O[C@@]23C1. The molecule has 1 heterocycles. The first-order valence-corrected chi connectivity index (χ1v) is 8.99. The molecule has 128 valence electrons. The van der Waals surface area contributed by atoms with E-state index in [0.717, 1.165) is 31.2 Å². The maximum absolute atomic E-state index is 13.1. The minimum Gasteiger partial charge on any atom is -0.460 e. The maximum Gasteiger partial charge on any atom is 0.317 e. The van der Waals surface area contributed by atoms with Gasteiger partial charge in [-0.25, -0.2) is 0 Å². The van der Waals surface area contributed by atoms with Crippen LogP contribution in [0, 0.1) is 17.3 Å². The van der Waals surface area contributed by atoms with Crippen LogP contribution in [0.2, 0.25) is 0 Å². The summed E-state index contributed by atoms with van der Waals surface area (Å²) in [4.78, 5) is 25.3. The molecular weight excluding hydrogens is 304 g/mol. The molecule has 1 aromatic carbocycles. The molecule has 4 nitrogen and oxygen atoms in total. The summed E-state index contributed by atoms with van der Waals surface area (Å²) in [6, 6.07) is 9.69. The topological polar surface area (TPSA) is 52.6 Å². The highest BCUT2D eigenvalue weighted by Crippen LogP contribution is 2.64. The third-order valence-corrected chi connectivity index (χ3v) is 6.31. The summed E-state index contributed by atoms with van der Waals surface area (Å²) in [7, 11) is 0. The molecule has 0 radical (unpaired) electrons. The predicted octanol–water partition coefficient (Wildman–Crippen LogP) is 3.63. The van der Waals surface area contributed by atoms with Crippen molar-refractivity contribution in [2.75, 3.05) is 0 Å². The summed E-state index contributed by atoms with van der Waals surface area (Å²) in [6.45, 7) is 2.45.